The Morgan fingerprint density at radius 1 is 0.838 bits per heavy atom. The van der Waals surface area contributed by atoms with Gasteiger partial charge in [-0.15, -0.1) is 0 Å². The van der Waals surface area contributed by atoms with Crippen LogP contribution >= 0.6 is 0 Å². The Morgan fingerprint density at radius 3 is 2.30 bits per heavy atom. The van der Waals surface area contributed by atoms with Crippen LogP contribution in [0.1, 0.15) is 88.1 Å². The van der Waals surface area contributed by atoms with Crippen LogP contribution in [0.5, 0.6) is 0 Å². The molecule has 2 aliphatic heterocycles. The standard InChI is InChI=1S/C32H43N3O2/c1-32(2,3)24-14-10-15-25(22-24)33-30(36)27-17-11-21-35(29(27)23-12-4-5-13-23)31(37)26-16-6-7-18-28(26)34-19-8-9-20-34/h6-7,10,14-16,18,22-23,27,29H,4-5,8-9,11-13,17,19-21H2,1-3H3,(H,33,36)/t27-,29-/m0/s1. The van der Waals surface area contributed by atoms with Crippen molar-refractivity contribution >= 4 is 23.2 Å². The quantitative estimate of drug-likeness (QED) is 0.500. The molecule has 2 heterocycles. The summed E-state index contributed by atoms with van der Waals surface area (Å²) in [6, 6.07) is 16.3. The van der Waals surface area contributed by atoms with Gasteiger partial charge in [0.05, 0.1) is 11.5 Å². The molecule has 0 radical (unpaired) electrons. The summed E-state index contributed by atoms with van der Waals surface area (Å²) in [4.78, 5) is 32.5. The molecule has 5 rings (SSSR count). The van der Waals surface area contributed by atoms with Gasteiger partial charge in [-0.3, -0.25) is 9.59 Å². The highest BCUT2D eigenvalue weighted by molar-refractivity contribution is 6.01. The van der Waals surface area contributed by atoms with Crippen LogP contribution in [0.2, 0.25) is 0 Å². The minimum Gasteiger partial charge on any atom is -0.371 e. The van der Waals surface area contributed by atoms with Crippen molar-refractivity contribution in [1.82, 2.24) is 4.90 Å². The summed E-state index contributed by atoms with van der Waals surface area (Å²) in [6.07, 6.45) is 8.64. The fourth-order valence-corrected chi connectivity index (χ4v) is 6.77. The van der Waals surface area contributed by atoms with Gasteiger partial charge in [-0.1, -0.05) is 57.9 Å². The molecule has 2 aromatic rings. The fraction of sp³-hybridized carbons (Fsp3) is 0.562. The zero-order valence-electron chi connectivity index (χ0n) is 22.8. The number of piperidine rings is 1. The molecule has 1 aliphatic carbocycles. The normalized spacial score (nSPS) is 22.9. The average molecular weight is 502 g/mol. The maximum Gasteiger partial charge on any atom is 0.256 e. The number of anilines is 2. The molecule has 3 aliphatic rings. The third kappa shape index (κ3) is 5.56. The third-order valence-electron chi connectivity index (χ3n) is 8.74. The number of carbonyl (C=O) groups is 2. The van der Waals surface area contributed by atoms with E-state index in [0.717, 1.165) is 62.3 Å². The van der Waals surface area contributed by atoms with E-state index in [4.69, 9.17) is 0 Å². The van der Waals surface area contributed by atoms with Gasteiger partial charge in [0.25, 0.3) is 5.91 Å². The van der Waals surface area contributed by atoms with Crippen molar-refractivity contribution in [2.24, 2.45) is 11.8 Å². The van der Waals surface area contributed by atoms with E-state index in [9.17, 15) is 9.59 Å². The minimum absolute atomic E-state index is 0.0178. The molecule has 5 heteroatoms. The highest BCUT2D eigenvalue weighted by atomic mass is 16.2. The number of likely N-dealkylation sites (tertiary alicyclic amines) is 1. The Morgan fingerprint density at radius 2 is 1.57 bits per heavy atom. The third-order valence-corrected chi connectivity index (χ3v) is 8.74. The van der Waals surface area contributed by atoms with Gasteiger partial charge in [0.15, 0.2) is 0 Å². The Hall–Kier alpha value is -2.82. The zero-order chi connectivity index (χ0) is 26.0. The summed E-state index contributed by atoms with van der Waals surface area (Å²) < 4.78 is 0. The van der Waals surface area contributed by atoms with Gasteiger partial charge in [-0.25, -0.2) is 0 Å². The molecule has 0 aromatic heterocycles. The molecule has 2 atom stereocenters. The number of benzene rings is 2. The lowest BCUT2D eigenvalue weighted by atomic mass is 9.79. The van der Waals surface area contributed by atoms with Crippen LogP contribution in [0, 0.1) is 11.8 Å². The smallest absolute Gasteiger partial charge is 0.256 e. The predicted octanol–water partition coefficient (Wildman–Crippen LogP) is 6.63. The molecule has 0 unspecified atom stereocenters. The second-order valence-electron chi connectivity index (χ2n) is 12.3. The van der Waals surface area contributed by atoms with Crippen LogP contribution in [0.25, 0.3) is 0 Å². The molecule has 2 saturated heterocycles. The molecule has 2 amide bonds. The molecular formula is C32H43N3O2. The van der Waals surface area contributed by atoms with E-state index in [-0.39, 0.29) is 29.2 Å². The topological polar surface area (TPSA) is 52.7 Å². The van der Waals surface area contributed by atoms with Crippen molar-refractivity contribution in [2.75, 3.05) is 29.9 Å². The molecule has 3 fully saturated rings. The fourth-order valence-electron chi connectivity index (χ4n) is 6.77. The second kappa shape index (κ2) is 10.9. The van der Waals surface area contributed by atoms with E-state index in [1.54, 1.807) is 0 Å². The first kappa shape index (κ1) is 25.8. The van der Waals surface area contributed by atoms with E-state index in [1.165, 1.54) is 31.2 Å². The van der Waals surface area contributed by atoms with E-state index in [0.29, 0.717) is 5.92 Å². The van der Waals surface area contributed by atoms with Gasteiger partial charge >= 0.3 is 0 Å². The Labute approximate surface area is 222 Å². The number of hydrogen-bond donors (Lipinski definition) is 1. The van der Waals surface area contributed by atoms with Gasteiger partial charge in [0.2, 0.25) is 5.91 Å². The molecular weight excluding hydrogens is 458 g/mol. The molecule has 5 nitrogen and oxygen atoms in total. The number of hydrogen-bond acceptors (Lipinski definition) is 3. The van der Waals surface area contributed by atoms with Crippen molar-refractivity contribution in [3.8, 4) is 0 Å². The highest BCUT2D eigenvalue weighted by Gasteiger charge is 2.44. The average Bonchev–Trinajstić information content (AvgIpc) is 3.62. The molecule has 2 aromatic carbocycles. The van der Waals surface area contributed by atoms with Crippen molar-refractivity contribution in [3.63, 3.8) is 0 Å². The Balaban J connectivity index is 1.42. The summed E-state index contributed by atoms with van der Waals surface area (Å²) in [6.45, 7) is 9.32. The molecule has 37 heavy (non-hydrogen) atoms. The summed E-state index contributed by atoms with van der Waals surface area (Å²) in [5.74, 6) is 0.373. The summed E-state index contributed by atoms with van der Waals surface area (Å²) in [5.41, 5.74) is 3.93. The number of amides is 2. The van der Waals surface area contributed by atoms with Gasteiger partial charge in [-0.2, -0.15) is 0 Å². The molecule has 198 valence electrons. The lowest BCUT2D eigenvalue weighted by Gasteiger charge is -2.44. The number of nitrogens with zero attached hydrogens (tertiary/aromatic N) is 2. The number of nitrogens with one attached hydrogen (secondary N) is 1. The molecule has 1 saturated carbocycles. The van der Waals surface area contributed by atoms with E-state index in [1.807, 2.05) is 30.3 Å². The predicted molar refractivity (Wildman–Crippen MR) is 151 cm³/mol. The second-order valence-corrected chi connectivity index (χ2v) is 12.3. The lowest BCUT2D eigenvalue weighted by Crippen LogP contribution is -2.54. The monoisotopic (exact) mass is 501 g/mol. The number of para-hydroxylation sites is 1. The molecule has 1 N–H and O–H groups in total. The summed E-state index contributed by atoms with van der Waals surface area (Å²) >= 11 is 0. The maximum atomic E-state index is 14.2. The zero-order valence-corrected chi connectivity index (χ0v) is 22.8. The van der Waals surface area contributed by atoms with Crippen molar-refractivity contribution in [2.45, 2.75) is 83.6 Å². The Bertz CT molecular complexity index is 1110. The van der Waals surface area contributed by atoms with Crippen LogP contribution < -0.4 is 10.2 Å². The van der Waals surface area contributed by atoms with Crippen LogP contribution in [0.4, 0.5) is 11.4 Å². The molecule has 0 spiro atoms. The first-order valence-corrected chi connectivity index (χ1v) is 14.4. The SMILES string of the molecule is CC(C)(C)c1cccc(NC(=O)[C@H]2CCCN(C(=O)c3ccccc3N3CCCC3)[C@H]2C2CCCC2)c1. The number of rotatable bonds is 5. The Kier molecular flexibility index (Phi) is 7.60. The summed E-state index contributed by atoms with van der Waals surface area (Å²) in [7, 11) is 0. The van der Waals surface area contributed by atoms with E-state index < -0.39 is 0 Å². The first-order valence-electron chi connectivity index (χ1n) is 14.4. The number of carbonyl (C=O) groups excluding carboxylic acids is 2. The molecule has 0 bridgehead atoms. The minimum atomic E-state index is -0.182. The van der Waals surface area contributed by atoms with Gasteiger partial charge < -0.3 is 15.1 Å². The van der Waals surface area contributed by atoms with Crippen molar-refractivity contribution in [1.29, 1.82) is 0 Å². The van der Waals surface area contributed by atoms with Gasteiger partial charge in [0, 0.05) is 37.1 Å². The highest BCUT2D eigenvalue weighted by Crippen LogP contribution is 2.40. The van der Waals surface area contributed by atoms with Crippen molar-refractivity contribution in [3.05, 3.63) is 59.7 Å². The van der Waals surface area contributed by atoms with Crippen molar-refractivity contribution < 1.29 is 9.59 Å². The van der Waals surface area contributed by atoms with Crippen LogP contribution in [0.3, 0.4) is 0 Å². The lowest BCUT2D eigenvalue weighted by molar-refractivity contribution is -0.124. The maximum absolute atomic E-state index is 14.2. The van der Waals surface area contributed by atoms with E-state index in [2.05, 4.69) is 54.1 Å². The van der Waals surface area contributed by atoms with Crippen LogP contribution in [-0.4, -0.2) is 42.4 Å². The van der Waals surface area contributed by atoms with Gasteiger partial charge in [0.1, 0.15) is 0 Å². The van der Waals surface area contributed by atoms with Crippen LogP contribution in [0.15, 0.2) is 48.5 Å². The summed E-state index contributed by atoms with van der Waals surface area (Å²) in [5, 5.41) is 3.25. The largest absolute Gasteiger partial charge is 0.371 e. The first-order chi connectivity index (χ1) is 17.8. The van der Waals surface area contributed by atoms with Gasteiger partial charge in [-0.05, 0) is 79.7 Å². The van der Waals surface area contributed by atoms with Crippen LogP contribution in [-0.2, 0) is 10.2 Å². The van der Waals surface area contributed by atoms with E-state index >= 15 is 0 Å².